The van der Waals surface area contributed by atoms with Gasteiger partial charge in [-0.05, 0) is 30.3 Å². The average Bonchev–Trinajstić information content (AvgIpc) is 3.29. The van der Waals surface area contributed by atoms with E-state index in [9.17, 15) is 4.79 Å². The summed E-state index contributed by atoms with van der Waals surface area (Å²) in [5.74, 6) is 0.911. The molecule has 0 fully saturated rings. The van der Waals surface area contributed by atoms with Gasteiger partial charge >= 0.3 is 0 Å². The van der Waals surface area contributed by atoms with Crippen molar-refractivity contribution in [3.8, 4) is 11.6 Å². The molecule has 4 aromatic rings. The Hall–Kier alpha value is -3.64. The minimum absolute atomic E-state index is 0.269. The van der Waals surface area contributed by atoms with E-state index in [4.69, 9.17) is 16.3 Å². The Kier molecular flexibility index (Phi) is 5.54. The van der Waals surface area contributed by atoms with Crippen molar-refractivity contribution in [1.29, 1.82) is 0 Å². The molecule has 0 aliphatic heterocycles. The first kappa shape index (κ1) is 18.7. The Labute approximate surface area is 172 Å². The van der Waals surface area contributed by atoms with Crippen LogP contribution in [0.3, 0.4) is 0 Å². The van der Waals surface area contributed by atoms with Crippen molar-refractivity contribution >= 4 is 23.2 Å². The quantitative estimate of drug-likeness (QED) is 0.503. The van der Waals surface area contributed by atoms with Crippen molar-refractivity contribution in [1.82, 2.24) is 14.5 Å². The van der Waals surface area contributed by atoms with Crippen molar-refractivity contribution in [2.45, 2.75) is 6.61 Å². The van der Waals surface area contributed by atoms with Crippen LogP contribution in [0.5, 0.6) is 5.75 Å². The number of carbonyl (C=O) groups is 1. The molecule has 0 saturated heterocycles. The summed E-state index contributed by atoms with van der Waals surface area (Å²) in [7, 11) is 0. The molecule has 0 saturated carbocycles. The highest BCUT2D eigenvalue weighted by atomic mass is 35.5. The number of amides is 1. The molecule has 0 unspecified atom stereocenters. The second-order valence-electron chi connectivity index (χ2n) is 6.21. The van der Waals surface area contributed by atoms with Gasteiger partial charge in [0.05, 0.1) is 17.4 Å². The summed E-state index contributed by atoms with van der Waals surface area (Å²) in [5, 5.41) is 3.47. The van der Waals surface area contributed by atoms with Gasteiger partial charge in [0.25, 0.3) is 5.91 Å². The van der Waals surface area contributed by atoms with Gasteiger partial charge in [-0.1, -0.05) is 41.9 Å². The maximum absolute atomic E-state index is 12.8. The van der Waals surface area contributed by atoms with E-state index >= 15 is 0 Å². The molecule has 2 aromatic heterocycles. The van der Waals surface area contributed by atoms with Crippen LogP contribution in [0.4, 0.5) is 5.69 Å². The number of hydrogen-bond acceptors (Lipinski definition) is 4. The number of aromatic nitrogens is 3. The number of anilines is 1. The van der Waals surface area contributed by atoms with Crippen molar-refractivity contribution in [2.24, 2.45) is 0 Å². The predicted octanol–water partition coefficient (Wildman–Crippen LogP) is 4.75. The first-order valence-corrected chi connectivity index (χ1v) is 9.29. The summed E-state index contributed by atoms with van der Waals surface area (Å²) in [4.78, 5) is 21.1. The minimum atomic E-state index is -0.281. The molecular weight excluding hydrogens is 388 g/mol. The van der Waals surface area contributed by atoms with Gasteiger partial charge in [0.15, 0.2) is 0 Å². The largest absolute Gasteiger partial charge is 0.488 e. The Morgan fingerprint density at radius 1 is 1.07 bits per heavy atom. The Morgan fingerprint density at radius 2 is 1.90 bits per heavy atom. The lowest BCUT2D eigenvalue weighted by atomic mass is 10.2. The molecule has 0 atom stereocenters. The van der Waals surface area contributed by atoms with Crippen molar-refractivity contribution in [2.75, 3.05) is 5.32 Å². The Bertz CT molecular complexity index is 1110. The summed E-state index contributed by atoms with van der Waals surface area (Å²) >= 11 is 6.18. The highest BCUT2D eigenvalue weighted by Gasteiger charge is 2.13. The third-order valence-corrected chi connectivity index (χ3v) is 4.62. The molecule has 0 aliphatic carbocycles. The van der Waals surface area contributed by atoms with Crippen LogP contribution in [0.15, 0.2) is 85.6 Å². The smallest absolute Gasteiger partial charge is 0.259 e. The van der Waals surface area contributed by atoms with Crippen molar-refractivity contribution in [3.63, 3.8) is 0 Å². The summed E-state index contributed by atoms with van der Waals surface area (Å²) in [6, 6.07) is 18.1. The van der Waals surface area contributed by atoms with Crippen LogP contribution in [0, 0.1) is 0 Å². The van der Waals surface area contributed by atoms with E-state index in [0.29, 0.717) is 27.8 Å². The molecule has 0 aliphatic rings. The van der Waals surface area contributed by atoms with Gasteiger partial charge in [-0.2, -0.15) is 0 Å². The zero-order valence-electron chi connectivity index (χ0n) is 15.3. The number of hydrogen-bond donors (Lipinski definition) is 1. The number of benzene rings is 2. The lowest BCUT2D eigenvalue weighted by molar-refractivity contribution is 0.102. The van der Waals surface area contributed by atoms with Gasteiger partial charge in [0.2, 0.25) is 0 Å². The maximum atomic E-state index is 12.8. The lowest BCUT2D eigenvalue weighted by Crippen LogP contribution is -2.14. The Morgan fingerprint density at radius 3 is 2.66 bits per heavy atom. The van der Waals surface area contributed by atoms with Gasteiger partial charge in [-0.15, -0.1) is 0 Å². The number of halogens is 1. The SMILES string of the molecule is O=C(Nc1ccc(-n2ccnc2)nc1)c1ccccc1OCc1ccccc1Cl. The zero-order chi connectivity index (χ0) is 20.1. The van der Waals surface area contributed by atoms with Crippen LogP contribution in [-0.2, 0) is 6.61 Å². The van der Waals surface area contributed by atoms with E-state index in [-0.39, 0.29) is 12.5 Å². The third-order valence-electron chi connectivity index (χ3n) is 4.25. The highest BCUT2D eigenvalue weighted by Crippen LogP contribution is 2.23. The van der Waals surface area contributed by atoms with Gasteiger partial charge in [-0.25, -0.2) is 9.97 Å². The van der Waals surface area contributed by atoms with E-state index < -0.39 is 0 Å². The molecule has 4 rings (SSSR count). The summed E-state index contributed by atoms with van der Waals surface area (Å²) < 4.78 is 7.64. The summed E-state index contributed by atoms with van der Waals surface area (Å²) in [6.07, 6.45) is 6.73. The highest BCUT2D eigenvalue weighted by molar-refractivity contribution is 6.31. The van der Waals surface area contributed by atoms with E-state index in [1.54, 1.807) is 65.9 Å². The molecule has 2 aromatic carbocycles. The maximum Gasteiger partial charge on any atom is 0.259 e. The van der Waals surface area contributed by atoms with E-state index in [1.165, 1.54) is 0 Å². The average molecular weight is 405 g/mol. The molecule has 0 radical (unpaired) electrons. The fourth-order valence-electron chi connectivity index (χ4n) is 2.76. The zero-order valence-corrected chi connectivity index (χ0v) is 16.1. The molecule has 7 heteroatoms. The number of nitrogens with zero attached hydrogens (tertiary/aromatic N) is 3. The second kappa shape index (κ2) is 8.58. The third kappa shape index (κ3) is 4.44. The van der Waals surface area contributed by atoms with Gasteiger partial charge in [0.1, 0.15) is 24.5 Å². The monoisotopic (exact) mass is 404 g/mol. The van der Waals surface area contributed by atoms with Crippen LogP contribution < -0.4 is 10.1 Å². The molecule has 29 heavy (non-hydrogen) atoms. The molecule has 2 heterocycles. The number of para-hydroxylation sites is 1. The predicted molar refractivity (Wildman–Crippen MR) is 112 cm³/mol. The van der Waals surface area contributed by atoms with Crippen LogP contribution in [0.25, 0.3) is 5.82 Å². The number of rotatable bonds is 6. The summed E-state index contributed by atoms with van der Waals surface area (Å²) in [5.41, 5.74) is 1.86. The number of ether oxygens (including phenoxy) is 1. The van der Waals surface area contributed by atoms with Crippen LogP contribution in [0.1, 0.15) is 15.9 Å². The van der Waals surface area contributed by atoms with Gasteiger partial charge < -0.3 is 10.1 Å². The fraction of sp³-hybridized carbons (Fsp3) is 0.0455. The van der Waals surface area contributed by atoms with Crippen LogP contribution >= 0.6 is 11.6 Å². The fourth-order valence-corrected chi connectivity index (χ4v) is 2.95. The van der Waals surface area contributed by atoms with E-state index in [0.717, 1.165) is 5.56 Å². The van der Waals surface area contributed by atoms with E-state index in [2.05, 4.69) is 15.3 Å². The molecule has 1 amide bonds. The van der Waals surface area contributed by atoms with Crippen LogP contribution in [0.2, 0.25) is 5.02 Å². The normalized spacial score (nSPS) is 10.5. The summed E-state index contributed by atoms with van der Waals surface area (Å²) in [6.45, 7) is 0.269. The molecule has 6 nitrogen and oxygen atoms in total. The first-order chi connectivity index (χ1) is 14.2. The van der Waals surface area contributed by atoms with Crippen molar-refractivity contribution < 1.29 is 9.53 Å². The Balaban J connectivity index is 1.47. The van der Waals surface area contributed by atoms with Crippen LogP contribution in [-0.4, -0.2) is 20.4 Å². The standard InChI is InChI=1S/C22H17ClN4O2/c23-19-7-3-1-5-16(19)14-29-20-8-4-2-6-18(20)22(28)26-17-9-10-21(25-13-17)27-12-11-24-15-27/h1-13,15H,14H2,(H,26,28). The molecule has 1 N–H and O–H groups in total. The number of nitrogens with one attached hydrogen (secondary N) is 1. The van der Waals surface area contributed by atoms with Gasteiger partial charge in [0, 0.05) is 23.0 Å². The molecule has 0 spiro atoms. The number of pyridine rings is 1. The lowest BCUT2D eigenvalue weighted by Gasteiger charge is -2.12. The van der Waals surface area contributed by atoms with Crippen molar-refractivity contribution in [3.05, 3.63) is 102 Å². The second-order valence-corrected chi connectivity index (χ2v) is 6.61. The molecule has 0 bridgehead atoms. The number of imidazole rings is 1. The topological polar surface area (TPSA) is 69.0 Å². The molecular formula is C22H17ClN4O2. The van der Waals surface area contributed by atoms with Gasteiger partial charge in [-0.3, -0.25) is 9.36 Å². The van der Waals surface area contributed by atoms with E-state index in [1.807, 2.05) is 24.3 Å². The number of carbonyl (C=O) groups excluding carboxylic acids is 1. The first-order valence-electron chi connectivity index (χ1n) is 8.92. The minimum Gasteiger partial charge on any atom is -0.488 e. The molecule has 144 valence electrons.